The molecule has 0 saturated carbocycles. The van der Waals surface area contributed by atoms with E-state index >= 15 is 0 Å². The van der Waals surface area contributed by atoms with Crippen molar-refractivity contribution in [3.63, 3.8) is 0 Å². The Hall–Kier alpha value is -1.82. The number of nitrogens with zero attached hydrogens (tertiary/aromatic N) is 1. The number of rotatable bonds is 2. The number of hydrogen-bond donors (Lipinski definition) is 1. The first-order valence-electron chi connectivity index (χ1n) is 5.53. The lowest BCUT2D eigenvalue weighted by molar-refractivity contribution is -0.149. The lowest BCUT2D eigenvalue weighted by atomic mass is 10.0. The second-order valence-electron chi connectivity index (χ2n) is 4.16. The van der Waals surface area contributed by atoms with Gasteiger partial charge in [-0.1, -0.05) is 6.07 Å². The van der Waals surface area contributed by atoms with E-state index in [1.807, 2.05) is 0 Å². The van der Waals surface area contributed by atoms with E-state index in [4.69, 9.17) is 5.73 Å². The van der Waals surface area contributed by atoms with Gasteiger partial charge in [-0.05, 0) is 18.6 Å². The summed E-state index contributed by atoms with van der Waals surface area (Å²) in [5.41, 5.74) is 5.23. The second-order valence-corrected chi connectivity index (χ2v) is 4.16. The largest absolute Gasteiger partial charge is 0.320 e. The average Bonchev–Trinajstić information content (AvgIpc) is 2.33. The molecule has 1 unspecified atom stereocenters. The molecule has 0 bridgehead atoms. The maximum absolute atomic E-state index is 13.4. The first-order chi connectivity index (χ1) is 8.50. The SMILES string of the molecule is NC1CCC(=O)N(Cc2c(F)cccc2F)C1=O. The smallest absolute Gasteiger partial charge is 0.246 e. The van der Waals surface area contributed by atoms with Crippen LogP contribution < -0.4 is 5.73 Å². The number of imide groups is 1. The van der Waals surface area contributed by atoms with Gasteiger partial charge in [0.1, 0.15) is 11.6 Å². The summed E-state index contributed by atoms with van der Waals surface area (Å²) in [7, 11) is 0. The molecule has 0 aromatic heterocycles. The molecule has 2 amide bonds. The second kappa shape index (κ2) is 4.81. The molecule has 1 aliphatic rings. The van der Waals surface area contributed by atoms with Crippen molar-refractivity contribution in [1.82, 2.24) is 4.90 Å². The molecule has 1 fully saturated rings. The summed E-state index contributed by atoms with van der Waals surface area (Å²) in [6.45, 7) is -0.413. The van der Waals surface area contributed by atoms with E-state index in [1.54, 1.807) is 0 Å². The minimum Gasteiger partial charge on any atom is -0.320 e. The van der Waals surface area contributed by atoms with E-state index in [0.717, 1.165) is 17.0 Å². The van der Waals surface area contributed by atoms with Gasteiger partial charge in [0.05, 0.1) is 12.6 Å². The molecule has 0 radical (unpaired) electrons. The van der Waals surface area contributed by atoms with Crippen molar-refractivity contribution >= 4 is 11.8 Å². The topological polar surface area (TPSA) is 63.4 Å². The molecule has 4 nitrogen and oxygen atoms in total. The van der Waals surface area contributed by atoms with Gasteiger partial charge < -0.3 is 5.73 Å². The third-order valence-corrected chi connectivity index (χ3v) is 2.93. The standard InChI is InChI=1S/C12H12F2N2O2/c13-8-2-1-3-9(14)7(8)6-16-11(17)5-4-10(15)12(16)18/h1-3,10H,4-6,15H2. The van der Waals surface area contributed by atoms with Crippen LogP contribution in [0, 0.1) is 11.6 Å². The van der Waals surface area contributed by atoms with Crippen molar-refractivity contribution in [2.45, 2.75) is 25.4 Å². The summed E-state index contributed by atoms with van der Waals surface area (Å²) in [4.78, 5) is 24.1. The van der Waals surface area contributed by atoms with Gasteiger partial charge >= 0.3 is 0 Å². The van der Waals surface area contributed by atoms with Gasteiger partial charge in [0.15, 0.2) is 0 Å². The molecular weight excluding hydrogens is 242 g/mol. The zero-order chi connectivity index (χ0) is 13.3. The Morgan fingerprint density at radius 2 is 1.89 bits per heavy atom. The molecular formula is C12H12F2N2O2. The summed E-state index contributed by atoms with van der Waals surface area (Å²) in [5.74, 6) is -2.61. The van der Waals surface area contributed by atoms with Crippen LogP contribution in [0.4, 0.5) is 8.78 Å². The van der Waals surface area contributed by atoms with Crippen LogP contribution in [-0.2, 0) is 16.1 Å². The number of benzene rings is 1. The molecule has 0 aliphatic carbocycles. The van der Waals surface area contributed by atoms with Crippen LogP contribution >= 0.6 is 0 Å². The van der Waals surface area contributed by atoms with Gasteiger partial charge in [-0.3, -0.25) is 14.5 Å². The molecule has 2 rings (SSSR count). The summed E-state index contributed by atoms with van der Waals surface area (Å²) < 4.78 is 26.9. The minimum atomic E-state index is -0.783. The minimum absolute atomic E-state index is 0.114. The maximum Gasteiger partial charge on any atom is 0.246 e. The number of halogens is 2. The van der Waals surface area contributed by atoms with Crippen LogP contribution in [-0.4, -0.2) is 22.8 Å². The van der Waals surface area contributed by atoms with Crippen molar-refractivity contribution < 1.29 is 18.4 Å². The third kappa shape index (κ3) is 2.24. The number of likely N-dealkylation sites (tertiary alicyclic amines) is 1. The van der Waals surface area contributed by atoms with Crippen LogP contribution in [0.2, 0.25) is 0 Å². The van der Waals surface area contributed by atoms with E-state index in [-0.39, 0.29) is 18.4 Å². The molecule has 6 heteroatoms. The normalized spacial score (nSPS) is 20.4. The quantitative estimate of drug-likeness (QED) is 0.799. The predicted octanol–water partition coefficient (Wildman–Crippen LogP) is 0.941. The highest BCUT2D eigenvalue weighted by Crippen LogP contribution is 2.19. The van der Waals surface area contributed by atoms with Crippen molar-refractivity contribution in [2.75, 3.05) is 0 Å². The molecule has 1 atom stereocenters. The molecule has 1 saturated heterocycles. The van der Waals surface area contributed by atoms with Gasteiger partial charge in [-0.2, -0.15) is 0 Å². The van der Waals surface area contributed by atoms with Gasteiger partial charge in [0.25, 0.3) is 0 Å². The molecule has 1 aromatic carbocycles. The van der Waals surface area contributed by atoms with E-state index in [0.29, 0.717) is 0 Å². The number of carbonyl (C=O) groups excluding carboxylic acids is 2. The van der Waals surface area contributed by atoms with E-state index < -0.39 is 36.0 Å². The van der Waals surface area contributed by atoms with Crippen molar-refractivity contribution in [2.24, 2.45) is 5.73 Å². The number of hydrogen-bond acceptors (Lipinski definition) is 3. The Morgan fingerprint density at radius 3 is 2.50 bits per heavy atom. The van der Waals surface area contributed by atoms with Gasteiger partial charge in [0, 0.05) is 12.0 Å². The Morgan fingerprint density at radius 1 is 1.28 bits per heavy atom. The first kappa shape index (κ1) is 12.6. The molecule has 0 spiro atoms. The lowest BCUT2D eigenvalue weighted by Crippen LogP contribution is -2.50. The highest BCUT2D eigenvalue weighted by atomic mass is 19.1. The van der Waals surface area contributed by atoms with E-state index in [9.17, 15) is 18.4 Å². The van der Waals surface area contributed by atoms with Gasteiger partial charge in [-0.15, -0.1) is 0 Å². The van der Waals surface area contributed by atoms with E-state index in [2.05, 4.69) is 0 Å². The van der Waals surface area contributed by atoms with E-state index in [1.165, 1.54) is 6.07 Å². The van der Waals surface area contributed by atoms with Crippen LogP contribution in [0.1, 0.15) is 18.4 Å². The molecule has 1 aliphatic heterocycles. The highest BCUT2D eigenvalue weighted by molar-refractivity contribution is 6.00. The fourth-order valence-corrected chi connectivity index (χ4v) is 1.87. The fraction of sp³-hybridized carbons (Fsp3) is 0.333. The monoisotopic (exact) mass is 254 g/mol. The molecule has 1 heterocycles. The Bertz CT molecular complexity index is 485. The Kier molecular flexibility index (Phi) is 3.38. The van der Waals surface area contributed by atoms with Crippen molar-refractivity contribution in [3.05, 3.63) is 35.4 Å². The highest BCUT2D eigenvalue weighted by Gasteiger charge is 2.32. The van der Waals surface area contributed by atoms with Crippen LogP contribution in [0.3, 0.4) is 0 Å². The summed E-state index contributed by atoms with van der Waals surface area (Å²) in [6, 6.07) is 2.60. The Labute approximate surface area is 102 Å². The van der Waals surface area contributed by atoms with Crippen LogP contribution in [0.5, 0.6) is 0 Å². The maximum atomic E-state index is 13.4. The lowest BCUT2D eigenvalue weighted by Gasteiger charge is -2.28. The Balaban J connectivity index is 2.27. The van der Waals surface area contributed by atoms with Crippen LogP contribution in [0.15, 0.2) is 18.2 Å². The third-order valence-electron chi connectivity index (χ3n) is 2.93. The number of carbonyl (C=O) groups is 2. The molecule has 96 valence electrons. The summed E-state index contributed by atoms with van der Waals surface area (Å²) >= 11 is 0. The predicted molar refractivity (Wildman–Crippen MR) is 59.1 cm³/mol. The molecule has 1 aromatic rings. The fourth-order valence-electron chi connectivity index (χ4n) is 1.87. The number of amides is 2. The van der Waals surface area contributed by atoms with Gasteiger partial charge in [0.2, 0.25) is 11.8 Å². The zero-order valence-corrected chi connectivity index (χ0v) is 9.53. The van der Waals surface area contributed by atoms with Crippen molar-refractivity contribution in [3.8, 4) is 0 Å². The number of piperidine rings is 1. The summed E-state index contributed by atoms with van der Waals surface area (Å²) in [5, 5.41) is 0. The number of nitrogens with two attached hydrogens (primary N) is 1. The molecule has 2 N–H and O–H groups in total. The average molecular weight is 254 g/mol. The first-order valence-corrected chi connectivity index (χ1v) is 5.53. The van der Waals surface area contributed by atoms with Crippen molar-refractivity contribution in [1.29, 1.82) is 0 Å². The zero-order valence-electron chi connectivity index (χ0n) is 9.53. The summed E-state index contributed by atoms with van der Waals surface area (Å²) in [6.07, 6.45) is 0.386. The molecule has 18 heavy (non-hydrogen) atoms. The van der Waals surface area contributed by atoms with Gasteiger partial charge in [-0.25, -0.2) is 8.78 Å². The van der Waals surface area contributed by atoms with Crippen LogP contribution in [0.25, 0.3) is 0 Å².